The van der Waals surface area contributed by atoms with Gasteiger partial charge in [-0.25, -0.2) is 0 Å². The van der Waals surface area contributed by atoms with Crippen molar-refractivity contribution >= 4 is 23.4 Å². The zero-order valence-corrected chi connectivity index (χ0v) is 8.22. The molecule has 1 aromatic rings. The Balaban J connectivity index is 2.94. The van der Waals surface area contributed by atoms with E-state index in [1.165, 1.54) is 6.07 Å². The lowest BCUT2D eigenvalue weighted by molar-refractivity contribution is -0.0328. The minimum atomic E-state index is -4.25. The first-order chi connectivity index (χ1) is 5.88. The van der Waals surface area contributed by atoms with Crippen molar-refractivity contribution in [1.29, 1.82) is 0 Å². The molecule has 13 heavy (non-hydrogen) atoms. The molecule has 1 rings (SSSR count). The second-order valence-corrected chi connectivity index (χ2v) is 4.00. The van der Waals surface area contributed by atoms with Gasteiger partial charge in [-0.05, 0) is 36.4 Å². The molecule has 0 spiro atoms. The maximum Gasteiger partial charge on any atom is 0.446 e. The molecule has 5 heteroatoms. The van der Waals surface area contributed by atoms with Gasteiger partial charge >= 0.3 is 5.51 Å². The van der Waals surface area contributed by atoms with Gasteiger partial charge in [0.1, 0.15) is 0 Å². The third-order valence-electron chi connectivity index (χ3n) is 1.38. The smallest absolute Gasteiger partial charge is 0.160 e. The number of aryl methyl sites for hydroxylation is 1. The standard InChI is InChI=1S/C8H6ClF3S/c1-5-2-3-6(9)4-7(5)13-8(10,11)12/h2-4H,1H3. The molecule has 0 saturated carbocycles. The van der Waals surface area contributed by atoms with Gasteiger partial charge in [-0.3, -0.25) is 0 Å². The normalized spacial score (nSPS) is 11.8. The third kappa shape index (κ3) is 3.48. The molecular formula is C8H6ClF3S. The molecule has 0 aliphatic rings. The summed E-state index contributed by atoms with van der Waals surface area (Å²) in [5.41, 5.74) is -3.68. The van der Waals surface area contributed by atoms with Crippen molar-refractivity contribution in [2.24, 2.45) is 0 Å². The van der Waals surface area contributed by atoms with Crippen molar-refractivity contribution in [2.75, 3.05) is 0 Å². The first-order valence-corrected chi connectivity index (χ1v) is 4.60. The van der Waals surface area contributed by atoms with Crippen molar-refractivity contribution in [1.82, 2.24) is 0 Å². The van der Waals surface area contributed by atoms with E-state index in [-0.39, 0.29) is 16.7 Å². The summed E-state index contributed by atoms with van der Waals surface area (Å²) in [6.45, 7) is 1.62. The van der Waals surface area contributed by atoms with Gasteiger partial charge in [0.05, 0.1) is 0 Å². The Labute approximate surface area is 83.1 Å². The molecular weight excluding hydrogens is 221 g/mol. The second-order valence-electron chi connectivity index (χ2n) is 2.46. The summed E-state index contributed by atoms with van der Waals surface area (Å²) in [5.74, 6) is 0. The zero-order chi connectivity index (χ0) is 10.1. The van der Waals surface area contributed by atoms with Crippen molar-refractivity contribution in [3.63, 3.8) is 0 Å². The van der Waals surface area contributed by atoms with Crippen LogP contribution in [0.4, 0.5) is 13.2 Å². The number of thioether (sulfide) groups is 1. The molecule has 0 aliphatic heterocycles. The Morgan fingerprint density at radius 2 is 1.92 bits per heavy atom. The highest BCUT2D eigenvalue weighted by Gasteiger charge is 2.29. The van der Waals surface area contributed by atoms with E-state index in [9.17, 15) is 13.2 Å². The molecule has 0 saturated heterocycles. The van der Waals surface area contributed by atoms with Crippen LogP contribution in [0.3, 0.4) is 0 Å². The number of hydrogen-bond acceptors (Lipinski definition) is 1. The summed E-state index contributed by atoms with van der Waals surface area (Å²) in [7, 11) is 0. The van der Waals surface area contributed by atoms with Crippen LogP contribution in [-0.2, 0) is 0 Å². The topological polar surface area (TPSA) is 0 Å². The van der Waals surface area contributed by atoms with Gasteiger partial charge in [0.15, 0.2) is 0 Å². The van der Waals surface area contributed by atoms with Crippen molar-refractivity contribution in [2.45, 2.75) is 17.3 Å². The molecule has 1 aromatic carbocycles. The number of halogens is 4. The SMILES string of the molecule is Cc1ccc(Cl)cc1SC(F)(F)F. The number of hydrogen-bond donors (Lipinski definition) is 0. The van der Waals surface area contributed by atoms with Gasteiger partial charge < -0.3 is 0 Å². The third-order valence-corrected chi connectivity index (χ3v) is 2.50. The van der Waals surface area contributed by atoms with Crippen LogP contribution in [0.5, 0.6) is 0 Å². The highest BCUT2D eigenvalue weighted by molar-refractivity contribution is 8.00. The summed E-state index contributed by atoms with van der Waals surface area (Å²) in [5, 5.41) is 0.317. The lowest BCUT2D eigenvalue weighted by Gasteiger charge is -2.08. The molecule has 0 aromatic heterocycles. The monoisotopic (exact) mass is 226 g/mol. The number of alkyl halides is 3. The van der Waals surface area contributed by atoms with E-state index < -0.39 is 5.51 Å². The highest BCUT2D eigenvalue weighted by atomic mass is 35.5. The average molecular weight is 227 g/mol. The fourth-order valence-corrected chi connectivity index (χ4v) is 1.71. The molecule has 72 valence electrons. The fourth-order valence-electron chi connectivity index (χ4n) is 0.809. The quantitative estimate of drug-likeness (QED) is 0.645. The lowest BCUT2D eigenvalue weighted by atomic mass is 10.2. The first-order valence-electron chi connectivity index (χ1n) is 3.40. The van der Waals surface area contributed by atoms with Crippen LogP contribution in [0.2, 0.25) is 5.02 Å². The number of rotatable bonds is 1. The molecule has 0 heterocycles. The van der Waals surface area contributed by atoms with Gasteiger partial charge in [-0.2, -0.15) is 13.2 Å². The second kappa shape index (κ2) is 3.80. The Bertz CT molecular complexity index is 309. The van der Waals surface area contributed by atoms with E-state index in [0.29, 0.717) is 10.6 Å². The molecule has 0 fully saturated rings. The van der Waals surface area contributed by atoms with Gasteiger partial charge in [0.2, 0.25) is 0 Å². The number of benzene rings is 1. The van der Waals surface area contributed by atoms with Crippen LogP contribution < -0.4 is 0 Å². The van der Waals surface area contributed by atoms with Gasteiger partial charge in [0, 0.05) is 9.92 Å². The van der Waals surface area contributed by atoms with E-state index >= 15 is 0 Å². The van der Waals surface area contributed by atoms with Crippen LogP contribution in [0.25, 0.3) is 0 Å². The predicted octanol–water partition coefficient (Wildman–Crippen LogP) is 4.26. The summed E-state index contributed by atoms with van der Waals surface area (Å²) < 4.78 is 35.9. The minimum Gasteiger partial charge on any atom is -0.160 e. The van der Waals surface area contributed by atoms with E-state index in [2.05, 4.69) is 0 Å². The van der Waals surface area contributed by atoms with Gasteiger partial charge in [-0.15, -0.1) is 0 Å². The summed E-state index contributed by atoms with van der Waals surface area (Å²) >= 11 is 5.42. The molecule has 0 bridgehead atoms. The van der Waals surface area contributed by atoms with Crippen molar-refractivity contribution in [3.05, 3.63) is 28.8 Å². The molecule has 0 unspecified atom stereocenters. The zero-order valence-electron chi connectivity index (χ0n) is 6.65. The minimum absolute atomic E-state index is 0.143. The van der Waals surface area contributed by atoms with E-state index in [4.69, 9.17) is 11.6 Å². The van der Waals surface area contributed by atoms with Crippen LogP contribution in [0, 0.1) is 6.92 Å². The van der Waals surface area contributed by atoms with Crippen LogP contribution in [-0.4, -0.2) is 5.51 Å². The molecule has 0 atom stereocenters. The Morgan fingerprint density at radius 1 is 1.31 bits per heavy atom. The summed E-state index contributed by atoms with van der Waals surface area (Å²) in [6.07, 6.45) is 0. The Hall–Kier alpha value is -0.350. The largest absolute Gasteiger partial charge is 0.446 e. The molecule has 0 amide bonds. The fraction of sp³-hybridized carbons (Fsp3) is 0.250. The Kier molecular flexibility index (Phi) is 3.14. The molecule has 0 radical (unpaired) electrons. The van der Waals surface area contributed by atoms with Crippen molar-refractivity contribution in [3.8, 4) is 0 Å². The average Bonchev–Trinajstić information content (AvgIpc) is 1.94. The summed E-state index contributed by atoms with van der Waals surface area (Å²) in [4.78, 5) is 0.153. The molecule has 0 nitrogen and oxygen atoms in total. The first kappa shape index (κ1) is 10.7. The maximum atomic E-state index is 12.0. The summed E-state index contributed by atoms with van der Waals surface area (Å²) in [6, 6.07) is 4.45. The van der Waals surface area contributed by atoms with E-state index in [1.807, 2.05) is 0 Å². The Morgan fingerprint density at radius 3 is 2.46 bits per heavy atom. The van der Waals surface area contributed by atoms with Gasteiger partial charge in [-0.1, -0.05) is 17.7 Å². The van der Waals surface area contributed by atoms with Crippen LogP contribution >= 0.6 is 23.4 Å². The molecule has 0 N–H and O–H groups in total. The van der Waals surface area contributed by atoms with Gasteiger partial charge in [0.25, 0.3) is 0 Å². The van der Waals surface area contributed by atoms with E-state index in [1.54, 1.807) is 19.1 Å². The van der Waals surface area contributed by atoms with Crippen molar-refractivity contribution < 1.29 is 13.2 Å². The predicted molar refractivity (Wildman–Crippen MR) is 48.1 cm³/mol. The molecule has 0 aliphatic carbocycles. The lowest BCUT2D eigenvalue weighted by Crippen LogP contribution is -1.99. The van der Waals surface area contributed by atoms with Crippen LogP contribution in [0.1, 0.15) is 5.56 Å². The van der Waals surface area contributed by atoms with Crippen LogP contribution in [0.15, 0.2) is 23.1 Å². The van der Waals surface area contributed by atoms with E-state index in [0.717, 1.165) is 0 Å². The highest BCUT2D eigenvalue weighted by Crippen LogP contribution is 2.39. The maximum absolute atomic E-state index is 12.0.